The Morgan fingerprint density at radius 3 is 1.00 bits per heavy atom. The summed E-state index contributed by atoms with van der Waals surface area (Å²) < 4.78 is 16.6. The highest BCUT2D eigenvalue weighted by Gasteiger charge is 2.19. The van der Waals surface area contributed by atoms with Crippen LogP contribution in [0.1, 0.15) is 227 Å². The third kappa shape index (κ3) is 37.5. The minimum Gasteiger partial charge on any atom is -0.462 e. The number of carbonyl (C=O) groups excluding carboxylic acids is 3. The summed E-state index contributed by atoms with van der Waals surface area (Å²) in [5.41, 5.74) is 0. The highest BCUT2D eigenvalue weighted by Crippen LogP contribution is 2.16. The molecule has 0 radical (unpaired) electrons. The van der Waals surface area contributed by atoms with E-state index in [4.69, 9.17) is 14.2 Å². The van der Waals surface area contributed by atoms with Crippen molar-refractivity contribution in [1.29, 1.82) is 0 Å². The molecule has 6 heteroatoms. The summed E-state index contributed by atoms with van der Waals surface area (Å²) in [7, 11) is 0. The van der Waals surface area contributed by atoms with E-state index < -0.39 is 6.10 Å². The molecule has 0 amide bonds. The summed E-state index contributed by atoms with van der Waals surface area (Å²) in [6.45, 7) is 11.2. The van der Waals surface area contributed by atoms with Gasteiger partial charge in [-0.1, -0.05) is 189 Å². The van der Waals surface area contributed by atoms with Crippen LogP contribution in [-0.2, 0) is 28.6 Å². The second-order valence-electron chi connectivity index (χ2n) is 15.6. The Balaban J connectivity index is 4.33. The van der Waals surface area contributed by atoms with Crippen molar-refractivity contribution in [2.45, 2.75) is 233 Å². The topological polar surface area (TPSA) is 78.9 Å². The van der Waals surface area contributed by atoms with Crippen LogP contribution < -0.4 is 0 Å². The molecule has 0 aromatic rings. The number of rotatable bonds is 37. The largest absolute Gasteiger partial charge is 0.462 e. The van der Waals surface area contributed by atoms with Crippen LogP contribution in [0.3, 0.4) is 0 Å². The molecule has 0 heterocycles. The van der Waals surface area contributed by atoms with E-state index in [2.05, 4.69) is 34.6 Å². The molecule has 0 aromatic heterocycles. The quantitative estimate of drug-likeness (QED) is 0.0366. The zero-order valence-electron chi connectivity index (χ0n) is 33.3. The lowest BCUT2D eigenvalue weighted by Crippen LogP contribution is -2.30. The lowest BCUT2D eigenvalue weighted by molar-refractivity contribution is -0.167. The van der Waals surface area contributed by atoms with Crippen LogP contribution in [0.25, 0.3) is 0 Å². The minimum absolute atomic E-state index is 0.0667. The molecule has 0 aliphatic rings. The molecule has 6 nitrogen and oxygen atoms in total. The van der Waals surface area contributed by atoms with E-state index in [1.54, 1.807) is 0 Å². The van der Waals surface area contributed by atoms with Crippen molar-refractivity contribution in [2.24, 2.45) is 11.8 Å². The highest BCUT2D eigenvalue weighted by molar-refractivity contribution is 5.71. The fourth-order valence-electron chi connectivity index (χ4n) is 6.22. The summed E-state index contributed by atoms with van der Waals surface area (Å²) in [4.78, 5) is 37.5. The summed E-state index contributed by atoms with van der Waals surface area (Å²) in [6.07, 6.45) is 32.5. The van der Waals surface area contributed by atoms with Crippen molar-refractivity contribution in [1.82, 2.24) is 0 Å². The van der Waals surface area contributed by atoms with Gasteiger partial charge in [-0.3, -0.25) is 14.4 Å². The van der Waals surface area contributed by atoms with E-state index in [0.717, 1.165) is 69.6 Å². The van der Waals surface area contributed by atoms with Gasteiger partial charge < -0.3 is 14.2 Å². The van der Waals surface area contributed by atoms with Crippen molar-refractivity contribution >= 4 is 17.9 Å². The zero-order valence-corrected chi connectivity index (χ0v) is 33.3. The molecule has 49 heavy (non-hydrogen) atoms. The van der Waals surface area contributed by atoms with E-state index in [-0.39, 0.29) is 31.1 Å². The van der Waals surface area contributed by atoms with Crippen molar-refractivity contribution in [2.75, 3.05) is 13.2 Å². The van der Waals surface area contributed by atoms with Crippen LogP contribution in [-0.4, -0.2) is 37.2 Å². The number of ether oxygens (including phenoxy) is 3. The molecule has 0 rings (SSSR count). The average Bonchev–Trinajstić information content (AvgIpc) is 3.06. The highest BCUT2D eigenvalue weighted by atomic mass is 16.6. The van der Waals surface area contributed by atoms with E-state index in [1.165, 1.54) is 116 Å². The maximum absolute atomic E-state index is 12.6. The molecule has 0 spiro atoms. The summed E-state index contributed by atoms with van der Waals surface area (Å²) in [5.74, 6) is 0.671. The van der Waals surface area contributed by atoms with Gasteiger partial charge in [0.2, 0.25) is 0 Å². The fraction of sp³-hybridized carbons (Fsp3) is 0.930. The van der Waals surface area contributed by atoms with Gasteiger partial charge in [-0.15, -0.1) is 0 Å². The molecule has 0 saturated carbocycles. The Morgan fingerprint density at radius 1 is 0.388 bits per heavy atom. The summed E-state index contributed by atoms with van der Waals surface area (Å²) >= 11 is 0. The Labute approximate surface area is 304 Å². The van der Waals surface area contributed by atoms with E-state index in [0.29, 0.717) is 19.3 Å². The molecular weight excluding hydrogens is 612 g/mol. The van der Waals surface area contributed by atoms with Crippen LogP contribution in [0.15, 0.2) is 0 Å². The second-order valence-corrected chi connectivity index (χ2v) is 15.6. The molecule has 0 aliphatic heterocycles. The molecular formula is C43H82O6. The van der Waals surface area contributed by atoms with Crippen LogP contribution in [0.4, 0.5) is 0 Å². The van der Waals surface area contributed by atoms with Gasteiger partial charge in [-0.2, -0.15) is 0 Å². The van der Waals surface area contributed by atoms with Gasteiger partial charge in [0.1, 0.15) is 13.2 Å². The minimum atomic E-state index is -0.760. The maximum atomic E-state index is 12.6. The zero-order chi connectivity index (χ0) is 36.2. The van der Waals surface area contributed by atoms with Gasteiger partial charge in [0.25, 0.3) is 0 Å². The first-order valence-corrected chi connectivity index (χ1v) is 21.2. The SMILES string of the molecule is CCCCCCCCCCCCCCC(=O)OC[C@H](COC(=O)CCCCCCCCCC(C)C)OC(=O)CCCCCCCCC(C)C. The normalized spacial score (nSPS) is 12.1. The number of unbranched alkanes of at least 4 members (excludes halogenated alkanes) is 22. The van der Waals surface area contributed by atoms with Crippen LogP contribution in [0.2, 0.25) is 0 Å². The third-order valence-corrected chi connectivity index (χ3v) is 9.47. The van der Waals surface area contributed by atoms with Crippen molar-refractivity contribution in [3.63, 3.8) is 0 Å². The fourth-order valence-corrected chi connectivity index (χ4v) is 6.22. The number of hydrogen-bond acceptors (Lipinski definition) is 6. The molecule has 0 aromatic carbocycles. The first kappa shape index (κ1) is 47.4. The molecule has 1 atom stereocenters. The Morgan fingerprint density at radius 2 is 0.673 bits per heavy atom. The van der Waals surface area contributed by atoms with Crippen molar-refractivity contribution in [3.05, 3.63) is 0 Å². The molecule has 290 valence electrons. The molecule has 0 fully saturated rings. The summed E-state index contributed by atoms with van der Waals surface area (Å²) in [5, 5.41) is 0. The molecule has 0 N–H and O–H groups in total. The van der Waals surface area contributed by atoms with Gasteiger partial charge in [-0.05, 0) is 31.1 Å². The Hall–Kier alpha value is -1.59. The summed E-state index contributed by atoms with van der Waals surface area (Å²) in [6, 6.07) is 0. The third-order valence-electron chi connectivity index (χ3n) is 9.47. The van der Waals surface area contributed by atoms with E-state index >= 15 is 0 Å². The molecule has 0 aliphatic carbocycles. The van der Waals surface area contributed by atoms with Gasteiger partial charge >= 0.3 is 17.9 Å². The van der Waals surface area contributed by atoms with Crippen LogP contribution in [0, 0.1) is 11.8 Å². The Kier molecular flexibility index (Phi) is 35.0. The number of carbonyl (C=O) groups is 3. The van der Waals surface area contributed by atoms with Gasteiger partial charge in [0, 0.05) is 19.3 Å². The van der Waals surface area contributed by atoms with Crippen molar-refractivity contribution in [3.8, 4) is 0 Å². The first-order valence-electron chi connectivity index (χ1n) is 21.2. The van der Waals surface area contributed by atoms with Crippen LogP contribution >= 0.6 is 0 Å². The second kappa shape index (κ2) is 36.2. The molecule has 0 saturated heterocycles. The molecule has 0 unspecified atom stereocenters. The van der Waals surface area contributed by atoms with E-state index in [1.807, 2.05) is 0 Å². The lowest BCUT2D eigenvalue weighted by atomic mass is 10.0. The van der Waals surface area contributed by atoms with Gasteiger partial charge in [0.15, 0.2) is 6.10 Å². The average molecular weight is 695 g/mol. The first-order chi connectivity index (χ1) is 23.7. The monoisotopic (exact) mass is 695 g/mol. The van der Waals surface area contributed by atoms with Gasteiger partial charge in [-0.25, -0.2) is 0 Å². The maximum Gasteiger partial charge on any atom is 0.306 e. The van der Waals surface area contributed by atoms with Crippen molar-refractivity contribution < 1.29 is 28.6 Å². The van der Waals surface area contributed by atoms with Gasteiger partial charge in [0.05, 0.1) is 0 Å². The number of esters is 3. The van der Waals surface area contributed by atoms with Crippen LogP contribution in [0.5, 0.6) is 0 Å². The lowest BCUT2D eigenvalue weighted by Gasteiger charge is -2.18. The standard InChI is InChI=1S/C43H82O6/c1-6-7-8-9-10-11-12-13-14-17-23-28-33-41(44)47-36-40(49-43(46)35-30-25-20-19-22-27-32-39(4)5)37-48-42(45)34-29-24-18-15-16-21-26-31-38(2)3/h38-40H,6-37H2,1-5H3/t40-/m1/s1. The molecule has 0 bridgehead atoms. The predicted octanol–water partition coefficient (Wildman–Crippen LogP) is 13.0. The number of hydrogen-bond donors (Lipinski definition) is 0. The predicted molar refractivity (Wildman–Crippen MR) is 206 cm³/mol. The Bertz CT molecular complexity index is 749. The van der Waals surface area contributed by atoms with E-state index in [9.17, 15) is 14.4 Å². The smallest absolute Gasteiger partial charge is 0.306 e.